The molecule has 0 saturated heterocycles. The van der Waals surface area contributed by atoms with E-state index in [4.69, 9.17) is 16.3 Å². The number of carbonyl (C=O) groups is 2. The summed E-state index contributed by atoms with van der Waals surface area (Å²) in [6.07, 6.45) is -9.33. The van der Waals surface area contributed by atoms with Crippen LogP contribution in [-0.4, -0.2) is 38.9 Å². The average Bonchev–Trinajstić information content (AvgIpc) is 3.37. The molecule has 226 valence electrons. The van der Waals surface area contributed by atoms with E-state index in [0.717, 1.165) is 36.0 Å². The lowest BCUT2D eigenvalue weighted by Crippen LogP contribution is -2.29. The molecule has 0 aliphatic carbocycles. The molecule has 0 bridgehead atoms. The van der Waals surface area contributed by atoms with Crippen molar-refractivity contribution >= 4 is 40.9 Å². The fourth-order valence-corrected chi connectivity index (χ4v) is 4.53. The van der Waals surface area contributed by atoms with Gasteiger partial charge in [0.05, 0.1) is 39.8 Å². The first-order chi connectivity index (χ1) is 20.3. The molecule has 0 saturated carbocycles. The Hall–Kier alpha value is -4.24. The van der Waals surface area contributed by atoms with Crippen molar-refractivity contribution in [2.75, 3.05) is 17.7 Å². The molecule has 4 aromatic rings. The minimum Gasteiger partial charge on any atom is -0.484 e. The number of rotatable bonds is 10. The zero-order chi connectivity index (χ0) is 31.2. The smallest absolute Gasteiger partial charge is 0.416 e. The third kappa shape index (κ3) is 8.64. The summed E-state index contributed by atoms with van der Waals surface area (Å²) in [6, 6.07) is 15.2. The molecule has 3 aromatic carbocycles. The molecule has 8 nitrogen and oxygen atoms in total. The number of alkyl halides is 6. The standard InChI is InChI=1S/C27H20ClF6N5O3S/c28-20-10-9-17(27(32,33)34)12-21(20)36-24(41)15-43-25-38-37-22(13-35-23(40)14-42-19-7-2-1-3-8-19)39(25)18-6-4-5-16(11-18)26(29,30)31/h1-12H,13-15H2,(H,35,40)(H,36,41). The van der Waals surface area contributed by atoms with E-state index < -0.39 is 41.0 Å². The van der Waals surface area contributed by atoms with Gasteiger partial charge in [0.25, 0.3) is 5.91 Å². The maximum absolute atomic E-state index is 13.4. The van der Waals surface area contributed by atoms with E-state index in [-0.39, 0.29) is 40.5 Å². The number of amides is 2. The van der Waals surface area contributed by atoms with Crippen LogP contribution in [0.3, 0.4) is 0 Å². The van der Waals surface area contributed by atoms with Crippen LogP contribution in [0.2, 0.25) is 5.02 Å². The van der Waals surface area contributed by atoms with E-state index in [1.165, 1.54) is 16.7 Å². The second-order valence-corrected chi connectivity index (χ2v) is 10.0. The molecule has 0 aliphatic heterocycles. The zero-order valence-electron chi connectivity index (χ0n) is 21.7. The number of ether oxygens (including phenoxy) is 1. The van der Waals surface area contributed by atoms with Gasteiger partial charge in [0.2, 0.25) is 5.91 Å². The van der Waals surface area contributed by atoms with Crippen LogP contribution >= 0.6 is 23.4 Å². The number of nitrogens with one attached hydrogen (secondary N) is 2. The maximum atomic E-state index is 13.4. The Labute approximate surface area is 249 Å². The van der Waals surface area contributed by atoms with Crippen LogP contribution in [0.25, 0.3) is 5.69 Å². The summed E-state index contributed by atoms with van der Waals surface area (Å²) in [5.41, 5.74) is -2.26. The Balaban J connectivity index is 1.51. The van der Waals surface area contributed by atoms with E-state index in [1.807, 2.05) is 0 Å². The quantitative estimate of drug-likeness (QED) is 0.154. The first-order valence-corrected chi connectivity index (χ1v) is 13.5. The minimum atomic E-state index is -4.67. The predicted octanol–water partition coefficient (Wildman–Crippen LogP) is 6.38. The summed E-state index contributed by atoms with van der Waals surface area (Å²) < 4.78 is 86.1. The number of halogens is 7. The molecule has 2 N–H and O–H groups in total. The molecule has 0 unspecified atom stereocenters. The van der Waals surface area contributed by atoms with Crippen LogP contribution < -0.4 is 15.4 Å². The van der Waals surface area contributed by atoms with E-state index in [0.29, 0.717) is 11.8 Å². The van der Waals surface area contributed by atoms with Crippen molar-refractivity contribution in [1.82, 2.24) is 20.1 Å². The molecule has 2 amide bonds. The Kier molecular flexibility index (Phi) is 9.86. The molecule has 1 aromatic heterocycles. The molecular weight excluding hydrogens is 624 g/mol. The maximum Gasteiger partial charge on any atom is 0.416 e. The van der Waals surface area contributed by atoms with Gasteiger partial charge in [-0.3, -0.25) is 14.2 Å². The highest BCUT2D eigenvalue weighted by Gasteiger charge is 2.32. The monoisotopic (exact) mass is 643 g/mol. The number of anilines is 1. The van der Waals surface area contributed by atoms with Crippen molar-refractivity contribution in [1.29, 1.82) is 0 Å². The highest BCUT2D eigenvalue weighted by atomic mass is 35.5. The highest BCUT2D eigenvalue weighted by molar-refractivity contribution is 7.99. The van der Waals surface area contributed by atoms with Gasteiger partial charge in [-0.2, -0.15) is 26.3 Å². The fraction of sp³-hybridized carbons (Fsp3) is 0.185. The van der Waals surface area contributed by atoms with Crippen LogP contribution in [0, 0.1) is 0 Å². The van der Waals surface area contributed by atoms with Crippen LogP contribution in [0.1, 0.15) is 17.0 Å². The summed E-state index contributed by atoms with van der Waals surface area (Å²) >= 11 is 6.69. The van der Waals surface area contributed by atoms with Crippen molar-refractivity contribution in [2.24, 2.45) is 0 Å². The zero-order valence-corrected chi connectivity index (χ0v) is 23.2. The summed E-state index contributed by atoms with van der Waals surface area (Å²) in [5.74, 6) is -1.24. The molecule has 16 heteroatoms. The van der Waals surface area contributed by atoms with Crippen LogP contribution in [0.4, 0.5) is 32.0 Å². The number of benzene rings is 3. The third-order valence-electron chi connectivity index (χ3n) is 5.59. The van der Waals surface area contributed by atoms with Crippen molar-refractivity contribution in [3.8, 4) is 11.4 Å². The summed E-state index contributed by atoms with van der Waals surface area (Å²) in [7, 11) is 0. The second-order valence-electron chi connectivity index (χ2n) is 8.69. The number of hydrogen-bond donors (Lipinski definition) is 2. The molecule has 0 aliphatic rings. The number of aromatic nitrogens is 3. The number of carbonyl (C=O) groups excluding carboxylic acids is 2. The van der Waals surface area contributed by atoms with Crippen molar-refractivity contribution in [2.45, 2.75) is 24.1 Å². The molecule has 0 spiro atoms. The first-order valence-electron chi connectivity index (χ1n) is 12.2. The molecule has 0 fully saturated rings. The Morgan fingerprint density at radius 2 is 1.56 bits per heavy atom. The normalized spacial score (nSPS) is 11.7. The topological polar surface area (TPSA) is 98.1 Å². The average molecular weight is 644 g/mol. The Bertz CT molecular complexity index is 1600. The molecule has 4 rings (SSSR count). The Morgan fingerprint density at radius 1 is 0.860 bits per heavy atom. The van der Waals surface area contributed by atoms with Gasteiger partial charge in [0.1, 0.15) is 5.75 Å². The van der Waals surface area contributed by atoms with E-state index in [1.54, 1.807) is 30.3 Å². The summed E-state index contributed by atoms with van der Waals surface area (Å²) in [4.78, 5) is 24.9. The molecule has 1 heterocycles. The number of nitrogens with zero attached hydrogens (tertiary/aromatic N) is 3. The largest absolute Gasteiger partial charge is 0.484 e. The fourth-order valence-electron chi connectivity index (χ4n) is 3.60. The molecular formula is C27H20ClF6N5O3S. The number of thioether (sulfide) groups is 1. The Morgan fingerprint density at radius 3 is 2.26 bits per heavy atom. The van der Waals surface area contributed by atoms with Gasteiger partial charge in [-0.05, 0) is 48.5 Å². The highest BCUT2D eigenvalue weighted by Crippen LogP contribution is 2.34. The SMILES string of the molecule is O=C(COc1ccccc1)NCc1nnc(SCC(=O)Nc2cc(C(F)(F)F)ccc2Cl)n1-c1cccc(C(F)(F)F)c1. The lowest BCUT2D eigenvalue weighted by Gasteiger charge is -2.14. The lowest BCUT2D eigenvalue weighted by atomic mass is 10.2. The molecule has 43 heavy (non-hydrogen) atoms. The number of hydrogen-bond acceptors (Lipinski definition) is 6. The van der Waals surface area contributed by atoms with Crippen molar-refractivity contribution in [3.05, 3.63) is 94.8 Å². The van der Waals surface area contributed by atoms with Gasteiger partial charge in [-0.1, -0.05) is 47.6 Å². The summed E-state index contributed by atoms with van der Waals surface area (Å²) in [6.45, 7) is -0.603. The molecule has 0 atom stereocenters. The van der Waals surface area contributed by atoms with Crippen LogP contribution in [0.15, 0.2) is 78.0 Å². The van der Waals surface area contributed by atoms with E-state index in [2.05, 4.69) is 20.8 Å². The van der Waals surface area contributed by atoms with E-state index in [9.17, 15) is 35.9 Å². The van der Waals surface area contributed by atoms with Gasteiger partial charge in [0.15, 0.2) is 17.6 Å². The third-order valence-corrected chi connectivity index (χ3v) is 6.85. The van der Waals surface area contributed by atoms with Crippen molar-refractivity contribution in [3.63, 3.8) is 0 Å². The van der Waals surface area contributed by atoms with Gasteiger partial charge in [-0.25, -0.2) is 0 Å². The first kappa shape index (κ1) is 31.7. The van der Waals surface area contributed by atoms with Gasteiger partial charge < -0.3 is 15.4 Å². The van der Waals surface area contributed by atoms with E-state index >= 15 is 0 Å². The molecule has 0 radical (unpaired) electrons. The van der Waals surface area contributed by atoms with Gasteiger partial charge in [0, 0.05) is 0 Å². The van der Waals surface area contributed by atoms with Crippen LogP contribution in [0.5, 0.6) is 5.75 Å². The van der Waals surface area contributed by atoms with Gasteiger partial charge >= 0.3 is 12.4 Å². The lowest BCUT2D eigenvalue weighted by molar-refractivity contribution is -0.138. The van der Waals surface area contributed by atoms with Crippen LogP contribution in [-0.2, 0) is 28.5 Å². The predicted molar refractivity (Wildman–Crippen MR) is 146 cm³/mol. The summed E-state index contributed by atoms with van der Waals surface area (Å²) in [5, 5.41) is 12.6. The second kappa shape index (κ2) is 13.4. The van der Waals surface area contributed by atoms with Crippen molar-refractivity contribution < 1.29 is 40.7 Å². The van der Waals surface area contributed by atoms with Gasteiger partial charge in [-0.15, -0.1) is 10.2 Å². The number of para-hydroxylation sites is 1. The minimum absolute atomic E-state index is 0.00607.